The van der Waals surface area contributed by atoms with E-state index in [1.165, 1.54) is 12.8 Å². The molecule has 0 spiro atoms. The molecule has 2 aliphatic heterocycles. The van der Waals surface area contributed by atoms with E-state index < -0.39 is 0 Å². The first-order chi connectivity index (χ1) is 14.8. The predicted molar refractivity (Wildman–Crippen MR) is 120 cm³/mol. The predicted octanol–water partition coefficient (Wildman–Crippen LogP) is 2.87. The summed E-state index contributed by atoms with van der Waals surface area (Å²) >= 11 is 0. The third-order valence-corrected chi connectivity index (χ3v) is 6.09. The van der Waals surface area contributed by atoms with E-state index in [2.05, 4.69) is 43.6 Å². The summed E-state index contributed by atoms with van der Waals surface area (Å²) in [7, 11) is 3.56. The summed E-state index contributed by atoms with van der Waals surface area (Å²) in [6, 6.07) is 12.8. The van der Waals surface area contributed by atoms with Gasteiger partial charge in [-0.1, -0.05) is 12.1 Å². The fraction of sp³-hybridized carbons (Fsp3) is 0.522. The van der Waals surface area contributed by atoms with Crippen molar-refractivity contribution in [2.45, 2.75) is 31.3 Å². The molecule has 2 atom stereocenters. The number of nitrogens with one attached hydrogen (secondary N) is 2. The number of ether oxygens (including phenoxy) is 1. The van der Waals surface area contributed by atoms with Crippen LogP contribution in [0.2, 0.25) is 0 Å². The van der Waals surface area contributed by atoms with Gasteiger partial charge in [0.25, 0.3) is 0 Å². The molecule has 2 saturated heterocycles. The highest BCUT2D eigenvalue weighted by Crippen LogP contribution is 2.30. The summed E-state index contributed by atoms with van der Waals surface area (Å²) in [6.45, 7) is 4.94. The van der Waals surface area contributed by atoms with Gasteiger partial charge in [-0.2, -0.15) is 0 Å². The van der Waals surface area contributed by atoms with Crippen LogP contribution >= 0.6 is 0 Å². The quantitative estimate of drug-likeness (QED) is 0.540. The third kappa shape index (κ3) is 4.73. The number of rotatable bonds is 7. The van der Waals surface area contributed by atoms with E-state index in [0.717, 1.165) is 62.3 Å². The molecule has 162 valence electrons. The first-order valence-corrected chi connectivity index (χ1v) is 10.9. The molecule has 1 aromatic carbocycles. The maximum Gasteiger partial charge on any atom is 0.191 e. The van der Waals surface area contributed by atoms with E-state index in [4.69, 9.17) is 9.15 Å². The number of benzene rings is 1. The molecule has 1 aromatic heterocycles. The molecular weight excluding hydrogens is 378 g/mol. The summed E-state index contributed by atoms with van der Waals surface area (Å²) in [5, 5.41) is 7.13. The zero-order valence-corrected chi connectivity index (χ0v) is 18.0. The number of hydrogen-bond acceptors (Lipinski definition) is 5. The molecule has 2 aliphatic rings. The molecule has 3 heterocycles. The lowest BCUT2D eigenvalue weighted by atomic mass is 10.2. The Morgan fingerprint density at radius 3 is 2.77 bits per heavy atom. The summed E-state index contributed by atoms with van der Waals surface area (Å²) in [6.07, 6.45) is 5.33. The van der Waals surface area contributed by atoms with Crippen molar-refractivity contribution in [3.05, 3.63) is 48.4 Å². The number of furan rings is 1. The smallest absolute Gasteiger partial charge is 0.191 e. The summed E-state index contributed by atoms with van der Waals surface area (Å²) < 4.78 is 11.3. The highest BCUT2D eigenvalue weighted by Gasteiger charge is 2.27. The highest BCUT2D eigenvalue weighted by atomic mass is 16.5. The molecule has 2 unspecified atom stereocenters. The molecule has 7 nitrogen and oxygen atoms in total. The molecular formula is C23H33N5O2. The van der Waals surface area contributed by atoms with Crippen molar-refractivity contribution < 1.29 is 9.15 Å². The Bertz CT molecular complexity index is 817. The van der Waals surface area contributed by atoms with Gasteiger partial charge in [-0.25, -0.2) is 0 Å². The number of hydrogen-bond donors (Lipinski definition) is 2. The number of nitrogens with zero attached hydrogens (tertiary/aromatic N) is 3. The van der Waals surface area contributed by atoms with Crippen molar-refractivity contribution in [3.63, 3.8) is 0 Å². The maximum atomic E-state index is 5.73. The van der Waals surface area contributed by atoms with Gasteiger partial charge in [0.15, 0.2) is 5.96 Å². The van der Waals surface area contributed by atoms with Crippen molar-refractivity contribution in [2.75, 3.05) is 51.8 Å². The number of methoxy groups -OCH3 is 1. The molecule has 7 heteroatoms. The van der Waals surface area contributed by atoms with Crippen LogP contribution in [0.15, 0.2) is 52.1 Å². The van der Waals surface area contributed by atoms with Crippen LogP contribution < -0.4 is 20.3 Å². The topological polar surface area (TPSA) is 65.3 Å². The first-order valence-electron chi connectivity index (χ1n) is 10.9. The zero-order valence-electron chi connectivity index (χ0n) is 18.0. The Morgan fingerprint density at radius 2 is 2.03 bits per heavy atom. The van der Waals surface area contributed by atoms with Crippen molar-refractivity contribution in [2.24, 2.45) is 4.99 Å². The van der Waals surface area contributed by atoms with Crippen molar-refractivity contribution in [3.8, 4) is 5.75 Å². The Hall–Kier alpha value is -2.67. The SMILES string of the molecule is CN=C(NCC(c1ccco1)N1CCCC1)NC1CCN(c2ccccc2OC)C1. The second-order valence-electron chi connectivity index (χ2n) is 7.98. The molecule has 30 heavy (non-hydrogen) atoms. The minimum atomic E-state index is 0.231. The van der Waals surface area contributed by atoms with Crippen molar-refractivity contribution in [1.29, 1.82) is 0 Å². The second-order valence-corrected chi connectivity index (χ2v) is 7.98. The minimum Gasteiger partial charge on any atom is -0.495 e. The normalized spacial score (nSPS) is 21.1. The Morgan fingerprint density at radius 1 is 1.20 bits per heavy atom. The van der Waals surface area contributed by atoms with E-state index in [0.29, 0.717) is 6.04 Å². The van der Waals surface area contributed by atoms with E-state index in [1.807, 2.05) is 25.2 Å². The minimum absolute atomic E-state index is 0.231. The van der Waals surface area contributed by atoms with Gasteiger partial charge in [0.1, 0.15) is 11.5 Å². The average Bonchev–Trinajstić information content (AvgIpc) is 3.56. The summed E-state index contributed by atoms with van der Waals surface area (Å²) in [5.41, 5.74) is 1.15. The van der Waals surface area contributed by atoms with Gasteiger partial charge in [0.05, 0.1) is 25.1 Å². The monoisotopic (exact) mass is 411 g/mol. The molecule has 2 N–H and O–H groups in total. The lowest BCUT2D eigenvalue weighted by Crippen LogP contribution is -2.47. The number of anilines is 1. The Kier molecular flexibility index (Phi) is 6.79. The molecule has 2 aromatic rings. The fourth-order valence-corrected chi connectivity index (χ4v) is 4.51. The van der Waals surface area contributed by atoms with Crippen LogP contribution in [0.3, 0.4) is 0 Å². The van der Waals surface area contributed by atoms with E-state index in [9.17, 15) is 0 Å². The fourth-order valence-electron chi connectivity index (χ4n) is 4.51. The van der Waals surface area contributed by atoms with Crippen LogP contribution in [-0.2, 0) is 0 Å². The molecule has 0 radical (unpaired) electrons. The van der Waals surface area contributed by atoms with Gasteiger partial charge in [-0.15, -0.1) is 0 Å². The van der Waals surface area contributed by atoms with Crippen molar-refractivity contribution in [1.82, 2.24) is 15.5 Å². The second kappa shape index (κ2) is 9.89. The molecule has 4 rings (SSSR count). The number of guanidine groups is 1. The largest absolute Gasteiger partial charge is 0.495 e. The van der Waals surface area contributed by atoms with E-state index in [-0.39, 0.29) is 6.04 Å². The van der Waals surface area contributed by atoms with E-state index in [1.54, 1.807) is 13.4 Å². The lowest BCUT2D eigenvalue weighted by Gasteiger charge is -2.27. The van der Waals surface area contributed by atoms with Gasteiger partial charge in [-0.05, 0) is 56.6 Å². The average molecular weight is 412 g/mol. The first kappa shape index (κ1) is 20.6. The van der Waals surface area contributed by atoms with Crippen molar-refractivity contribution >= 4 is 11.6 Å². The molecule has 0 aliphatic carbocycles. The van der Waals surface area contributed by atoms with Gasteiger partial charge in [0, 0.05) is 32.7 Å². The number of para-hydroxylation sites is 2. The van der Waals surface area contributed by atoms with Gasteiger partial charge < -0.3 is 24.7 Å². The number of likely N-dealkylation sites (tertiary alicyclic amines) is 1. The van der Waals surface area contributed by atoms with Crippen LogP contribution in [0.5, 0.6) is 5.75 Å². The Labute approximate surface area is 179 Å². The standard InChI is InChI=1S/C23H33N5O2/c1-24-23(25-16-20(22-10-7-15-30-22)27-12-5-6-13-27)26-18-11-14-28(17-18)19-8-3-4-9-21(19)29-2/h3-4,7-10,15,18,20H,5-6,11-14,16-17H2,1-2H3,(H2,24,25,26). The van der Waals surface area contributed by atoms with Gasteiger partial charge in [0.2, 0.25) is 0 Å². The van der Waals surface area contributed by atoms with Crippen LogP contribution in [0.25, 0.3) is 0 Å². The number of aliphatic imine (C=N–C) groups is 1. The van der Waals surface area contributed by atoms with Crippen LogP contribution in [0, 0.1) is 0 Å². The molecule has 2 fully saturated rings. The zero-order chi connectivity index (χ0) is 20.8. The van der Waals surface area contributed by atoms with Crippen LogP contribution in [-0.4, -0.2) is 63.8 Å². The maximum absolute atomic E-state index is 5.73. The lowest BCUT2D eigenvalue weighted by molar-refractivity contribution is 0.215. The summed E-state index contributed by atoms with van der Waals surface area (Å²) in [5.74, 6) is 2.79. The molecule has 0 bridgehead atoms. The third-order valence-electron chi connectivity index (χ3n) is 6.09. The molecule has 0 saturated carbocycles. The molecule has 0 amide bonds. The van der Waals surface area contributed by atoms with Crippen LogP contribution in [0.1, 0.15) is 31.1 Å². The van der Waals surface area contributed by atoms with Gasteiger partial charge in [-0.3, -0.25) is 9.89 Å². The van der Waals surface area contributed by atoms with Crippen LogP contribution in [0.4, 0.5) is 5.69 Å². The highest BCUT2D eigenvalue weighted by molar-refractivity contribution is 5.80. The van der Waals surface area contributed by atoms with E-state index >= 15 is 0 Å². The summed E-state index contributed by atoms with van der Waals surface area (Å²) in [4.78, 5) is 9.34. The van der Waals surface area contributed by atoms with Gasteiger partial charge >= 0.3 is 0 Å². The Balaban J connectivity index is 1.33.